The number of hydrogen-bond acceptors (Lipinski definition) is 7. The average molecular weight is 595 g/mol. The van der Waals surface area contributed by atoms with Gasteiger partial charge in [-0.2, -0.15) is 0 Å². The molecule has 0 aliphatic heterocycles. The van der Waals surface area contributed by atoms with Crippen molar-refractivity contribution in [3.8, 4) is 16.9 Å². The monoisotopic (exact) mass is 594 g/mol. The third-order valence-corrected chi connectivity index (χ3v) is 9.88. The number of hydrogen-bond donors (Lipinski definition) is 4. The Morgan fingerprint density at radius 2 is 1.63 bits per heavy atom. The molecule has 2 aromatic rings. The van der Waals surface area contributed by atoms with Crippen molar-refractivity contribution in [3.63, 3.8) is 0 Å². The highest BCUT2D eigenvalue weighted by Gasteiger charge is 2.71. The summed E-state index contributed by atoms with van der Waals surface area (Å²) in [5.41, 5.74) is -5.62. The van der Waals surface area contributed by atoms with Gasteiger partial charge in [0.1, 0.15) is 34.5 Å². The highest BCUT2D eigenvalue weighted by molar-refractivity contribution is 6.25. The Hall–Kier alpha value is -3.85. The van der Waals surface area contributed by atoms with Crippen LogP contribution in [0.2, 0.25) is 0 Å². The van der Waals surface area contributed by atoms with Crippen molar-refractivity contribution >= 4 is 17.3 Å². The summed E-state index contributed by atoms with van der Waals surface area (Å²) in [7, 11) is 0. The number of phenols is 1. The van der Waals surface area contributed by atoms with E-state index in [2.05, 4.69) is 0 Å². The van der Waals surface area contributed by atoms with Crippen LogP contribution in [-0.4, -0.2) is 43.4 Å². The smallest absolute Gasteiger partial charge is 0.209 e. The molecule has 0 bridgehead atoms. The Labute approximate surface area is 248 Å². The molecule has 1 unspecified atom stereocenters. The van der Waals surface area contributed by atoms with E-state index in [1.165, 1.54) is 0 Å². The quantitative estimate of drug-likeness (QED) is 0.301. The number of ketones is 3. The fourth-order valence-electron chi connectivity index (χ4n) is 8.26. The van der Waals surface area contributed by atoms with Crippen molar-refractivity contribution in [2.45, 2.75) is 72.8 Å². The summed E-state index contributed by atoms with van der Waals surface area (Å²) in [5.74, 6) is -8.06. The highest BCUT2D eigenvalue weighted by Crippen LogP contribution is 2.65. The van der Waals surface area contributed by atoms with Crippen LogP contribution in [0.15, 0.2) is 46.9 Å². The van der Waals surface area contributed by atoms with E-state index < -0.39 is 74.2 Å². The number of aliphatic hydroxyl groups is 3. The zero-order valence-corrected chi connectivity index (χ0v) is 25.2. The lowest BCUT2D eigenvalue weighted by molar-refractivity contribution is -0.171. The van der Waals surface area contributed by atoms with Crippen molar-refractivity contribution in [1.29, 1.82) is 0 Å². The molecule has 4 atom stereocenters. The number of phenolic OH excluding ortho intramolecular Hbond substituents is 1. The van der Waals surface area contributed by atoms with Gasteiger partial charge in [0, 0.05) is 39.5 Å². The summed E-state index contributed by atoms with van der Waals surface area (Å²) < 4.78 is 28.6. The van der Waals surface area contributed by atoms with Crippen molar-refractivity contribution in [2.24, 2.45) is 22.7 Å². The van der Waals surface area contributed by atoms with Crippen LogP contribution in [0.25, 0.3) is 11.1 Å². The minimum Gasteiger partial charge on any atom is -0.511 e. The molecule has 43 heavy (non-hydrogen) atoms. The highest BCUT2D eigenvalue weighted by atomic mass is 19.1. The largest absolute Gasteiger partial charge is 0.511 e. The molecule has 2 aromatic carbocycles. The lowest BCUT2D eigenvalue weighted by Crippen LogP contribution is -2.67. The number of Topliss-reactive ketones (excluding diaryl/α,β-unsaturated/α-hetero) is 3. The Morgan fingerprint density at radius 1 is 1.00 bits per heavy atom. The molecule has 7 nitrogen and oxygen atoms in total. The molecule has 5 rings (SSSR count). The molecule has 4 N–H and O–H groups in total. The minimum absolute atomic E-state index is 0.0302. The van der Waals surface area contributed by atoms with Crippen LogP contribution in [0.1, 0.15) is 82.3 Å². The maximum absolute atomic E-state index is 14.9. The molecule has 0 radical (unpaired) electrons. The van der Waals surface area contributed by atoms with Crippen LogP contribution in [0.5, 0.6) is 5.75 Å². The third-order valence-electron chi connectivity index (χ3n) is 9.88. The Bertz CT molecular complexity index is 1700. The van der Waals surface area contributed by atoms with Crippen molar-refractivity contribution < 1.29 is 43.6 Å². The van der Waals surface area contributed by atoms with Gasteiger partial charge in [-0.15, -0.1) is 0 Å². The molecule has 0 aromatic heterocycles. The van der Waals surface area contributed by atoms with E-state index >= 15 is 0 Å². The molecule has 0 heterocycles. The zero-order valence-electron chi connectivity index (χ0n) is 25.2. The van der Waals surface area contributed by atoms with E-state index in [1.807, 2.05) is 13.8 Å². The van der Waals surface area contributed by atoms with Gasteiger partial charge in [0.15, 0.2) is 17.2 Å². The Kier molecular flexibility index (Phi) is 6.82. The molecular weight excluding hydrogens is 558 g/mol. The lowest BCUT2D eigenvalue weighted by Gasteiger charge is -2.59. The second kappa shape index (κ2) is 9.58. The van der Waals surface area contributed by atoms with Crippen LogP contribution < -0.4 is 0 Å². The van der Waals surface area contributed by atoms with Crippen molar-refractivity contribution in [2.75, 3.05) is 0 Å². The second-order valence-electron chi connectivity index (χ2n) is 13.5. The number of aliphatic hydroxyl groups excluding tert-OH is 2. The number of carbonyl (C=O) groups excluding carboxylic acids is 3. The summed E-state index contributed by atoms with van der Waals surface area (Å²) >= 11 is 0. The molecular formula is C34H36F2O7. The van der Waals surface area contributed by atoms with Crippen LogP contribution in [0.4, 0.5) is 8.78 Å². The van der Waals surface area contributed by atoms with E-state index in [0.29, 0.717) is 17.2 Å². The lowest BCUT2D eigenvalue weighted by atomic mass is 9.44. The van der Waals surface area contributed by atoms with Gasteiger partial charge in [-0.25, -0.2) is 8.78 Å². The van der Waals surface area contributed by atoms with Gasteiger partial charge < -0.3 is 20.4 Å². The SMILES string of the molecule is CC(=O)C1=C(O)C(C(C)C)[C@@]2(C)C[C@@]3(C)Cc4c(C(C)C)cc(-c5ccc(F)cc5F)c(O)c4C(=O)C3=C(O)[C@@]2(O)C1=O. The number of rotatable bonds is 4. The van der Waals surface area contributed by atoms with Crippen LogP contribution in [-0.2, 0) is 16.0 Å². The number of allylic oxidation sites excluding steroid dienone is 2. The summed E-state index contributed by atoms with van der Waals surface area (Å²) in [6.45, 7) is 11.7. The van der Waals surface area contributed by atoms with Gasteiger partial charge in [-0.05, 0) is 60.9 Å². The van der Waals surface area contributed by atoms with E-state index in [9.17, 15) is 43.6 Å². The van der Waals surface area contributed by atoms with Gasteiger partial charge >= 0.3 is 0 Å². The fraction of sp³-hybridized carbons (Fsp3) is 0.441. The summed E-state index contributed by atoms with van der Waals surface area (Å²) in [6, 6.07) is 4.44. The molecule has 3 aliphatic rings. The van der Waals surface area contributed by atoms with Crippen LogP contribution in [0, 0.1) is 34.3 Å². The van der Waals surface area contributed by atoms with Gasteiger partial charge in [0.05, 0.1) is 5.56 Å². The maximum atomic E-state index is 14.9. The predicted molar refractivity (Wildman–Crippen MR) is 155 cm³/mol. The molecule has 9 heteroatoms. The molecule has 0 fully saturated rings. The van der Waals surface area contributed by atoms with Crippen molar-refractivity contribution in [1.82, 2.24) is 0 Å². The number of carbonyl (C=O) groups is 3. The third kappa shape index (κ3) is 3.89. The van der Waals surface area contributed by atoms with Gasteiger partial charge in [0.2, 0.25) is 5.78 Å². The first kappa shape index (κ1) is 30.6. The average Bonchev–Trinajstić information content (AvgIpc) is 2.86. The Balaban J connectivity index is 1.84. The molecule has 0 amide bonds. The minimum atomic E-state index is -2.73. The first-order chi connectivity index (χ1) is 19.8. The summed E-state index contributed by atoms with van der Waals surface area (Å²) in [6.07, 6.45) is 0.0764. The normalized spacial score (nSPS) is 28.8. The maximum Gasteiger partial charge on any atom is 0.209 e. The second-order valence-corrected chi connectivity index (χ2v) is 13.5. The van der Waals surface area contributed by atoms with E-state index in [4.69, 9.17) is 0 Å². The first-order valence-electron chi connectivity index (χ1n) is 14.4. The molecule has 0 saturated heterocycles. The van der Waals surface area contributed by atoms with E-state index in [1.54, 1.807) is 33.8 Å². The standard InChI is InChI=1S/C34H36F2O7/c1-14(2)19-11-20(18-9-8-17(35)10-22(18)36)27(38)24-21(19)12-32(6)13-33(7)25(15(3)4)28(39)23(16(5)37)30(41)34(33,43)31(42)26(32)29(24)40/h8-11,14-15,25,38-39,42-43H,12-13H2,1-7H3/t25?,32-,33-,34+/m1/s1. The first-order valence-corrected chi connectivity index (χ1v) is 14.4. The topological polar surface area (TPSA) is 132 Å². The molecule has 228 valence electrons. The van der Waals surface area contributed by atoms with E-state index in [0.717, 1.165) is 19.1 Å². The summed E-state index contributed by atoms with van der Waals surface area (Å²) in [5, 5.41) is 46.8. The molecule has 0 saturated carbocycles. The van der Waals surface area contributed by atoms with Crippen molar-refractivity contribution in [3.05, 3.63) is 75.3 Å². The van der Waals surface area contributed by atoms with Crippen LogP contribution in [0.3, 0.4) is 0 Å². The van der Waals surface area contributed by atoms with E-state index in [-0.39, 0.29) is 46.9 Å². The van der Waals surface area contributed by atoms with Gasteiger partial charge in [-0.3, -0.25) is 14.4 Å². The van der Waals surface area contributed by atoms with Gasteiger partial charge in [-0.1, -0.05) is 41.5 Å². The summed E-state index contributed by atoms with van der Waals surface area (Å²) in [4.78, 5) is 40.8. The number of fused-ring (bicyclic) bond motifs is 3. The Morgan fingerprint density at radius 3 is 2.16 bits per heavy atom. The number of halogens is 2. The molecule has 0 spiro atoms. The van der Waals surface area contributed by atoms with Gasteiger partial charge in [0.25, 0.3) is 0 Å². The number of aromatic hydroxyl groups is 1. The van der Waals surface area contributed by atoms with Crippen LogP contribution >= 0.6 is 0 Å². The molecule has 3 aliphatic carbocycles. The predicted octanol–water partition coefficient (Wildman–Crippen LogP) is 6.42. The fourth-order valence-corrected chi connectivity index (χ4v) is 8.26. The number of benzene rings is 2. The zero-order chi connectivity index (χ0) is 32.1.